The minimum Gasteiger partial charge on any atom is -0.508 e. The van der Waals surface area contributed by atoms with Gasteiger partial charge in [0, 0.05) is 36.4 Å². The van der Waals surface area contributed by atoms with Crippen molar-refractivity contribution < 1.29 is 9.84 Å². The zero-order chi connectivity index (χ0) is 15.5. The van der Waals surface area contributed by atoms with Crippen LogP contribution in [0.2, 0.25) is 0 Å². The lowest BCUT2D eigenvalue weighted by Crippen LogP contribution is -2.32. The van der Waals surface area contributed by atoms with Crippen molar-refractivity contribution in [1.82, 2.24) is 4.90 Å². The molecule has 2 aliphatic rings. The van der Waals surface area contributed by atoms with Crippen LogP contribution in [0.1, 0.15) is 24.8 Å². The van der Waals surface area contributed by atoms with Crippen molar-refractivity contribution in [3.05, 3.63) is 41.3 Å². The summed E-state index contributed by atoms with van der Waals surface area (Å²) in [6.45, 7) is 1.78. The van der Waals surface area contributed by atoms with E-state index in [2.05, 4.69) is 4.90 Å². The Hall–Kier alpha value is -2.92. The highest BCUT2D eigenvalue weighted by Gasteiger charge is 2.24. The van der Waals surface area contributed by atoms with Gasteiger partial charge in [-0.25, -0.2) is 0 Å². The molecule has 0 saturated carbocycles. The summed E-state index contributed by atoms with van der Waals surface area (Å²) in [5.74, 6) is 1.20. The van der Waals surface area contributed by atoms with E-state index in [1.165, 1.54) is 18.6 Å². The van der Waals surface area contributed by atoms with Gasteiger partial charge in [0.15, 0.2) is 5.88 Å². The zero-order valence-corrected chi connectivity index (χ0v) is 12.0. The Labute approximate surface area is 129 Å². The molecule has 2 heterocycles. The summed E-state index contributed by atoms with van der Waals surface area (Å²) in [7, 11) is 0. The fraction of sp³-hybridized carbons (Fsp3) is 0.294. The van der Waals surface area contributed by atoms with Crippen LogP contribution < -0.4 is 4.74 Å². The van der Waals surface area contributed by atoms with Crippen LogP contribution in [0.5, 0.6) is 11.5 Å². The Balaban J connectivity index is 2.10. The maximum Gasteiger partial charge on any atom is 0.196 e. The second-order valence-corrected chi connectivity index (χ2v) is 5.33. The highest BCUT2D eigenvalue weighted by Crippen LogP contribution is 2.38. The summed E-state index contributed by atoms with van der Waals surface area (Å²) in [5.41, 5.74) is 1.24. The number of nitrogens with zero attached hydrogens (tertiary/aromatic N) is 3. The van der Waals surface area contributed by atoms with E-state index in [4.69, 9.17) is 4.74 Å². The first-order valence-electron chi connectivity index (χ1n) is 7.25. The topological polar surface area (TPSA) is 80.3 Å². The third kappa shape index (κ3) is 2.49. The average Bonchev–Trinajstić information content (AvgIpc) is 2.56. The van der Waals surface area contributed by atoms with Crippen LogP contribution in [-0.4, -0.2) is 23.1 Å². The van der Waals surface area contributed by atoms with Gasteiger partial charge >= 0.3 is 0 Å². The van der Waals surface area contributed by atoms with Gasteiger partial charge in [-0.15, -0.1) is 0 Å². The third-order valence-corrected chi connectivity index (χ3v) is 3.90. The Morgan fingerprint density at radius 3 is 2.55 bits per heavy atom. The molecule has 0 atom stereocenters. The number of allylic oxidation sites excluding steroid dienone is 3. The van der Waals surface area contributed by atoms with Crippen LogP contribution in [0.25, 0.3) is 5.57 Å². The molecule has 5 nitrogen and oxygen atoms in total. The first-order valence-corrected chi connectivity index (χ1v) is 7.25. The molecule has 0 unspecified atom stereocenters. The molecule has 1 aromatic carbocycles. The van der Waals surface area contributed by atoms with Crippen molar-refractivity contribution in [2.75, 3.05) is 13.1 Å². The summed E-state index contributed by atoms with van der Waals surface area (Å²) in [5, 5.41) is 28.0. The number of fused-ring (bicyclic) bond motifs is 1. The molecule has 110 valence electrons. The lowest BCUT2D eigenvalue weighted by Gasteiger charge is -2.33. The summed E-state index contributed by atoms with van der Waals surface area (Å²) in [6.07, 6.45) is 5.14. The molecule has 22 heavy (non-hydrogen) atoms. The smallest absolute Gasteiger partial charge is 0.196 e. The lowest BCUT2D eigenvalue weighted by molar-refractivity contribution is 0.185. The molecule has 5 heteroatoms. The summed E-state index contributed by atoms with van der Waals surface area (Å²) in [4.78, 5) is 2.11. The number of likely N-dealkylation sites (tertiary alicyclic amines) is 1. The lowest BCUT2D eigenvalue weighted by atomic mass is 9.97. The maximum atomic E-state index is 9.66. The van der Waals surface area contributed by atoms with Gasteiger partial charge in [-0.3, -0.25) is 0 Å². The van der Waals surface area contributed by atoms with E-state index in [1.54, 1.807) is 12.1 Å². The van der Waals surface area contributed by atoms with E-state index in [1.807, 2.05) is 12.1 Å². The number of ether oxygens (including phenoxy) is 1. The van der Waals surface area contributed by atoms with Crippen molar-refractivity contribution in [1.29, 1.82) is 10.5 Å². The highest BCUT2D eigenvalue weighted by atomic mass is 16.5. The Bertz CT molecular complexity index is 728. The molecule has 1 N–H and O–H groups in total. The van der Waals surface area contributed by atoms with Crippen LogP contribution >= 0.6 is 0 Å². The SMILES string of the molecule is N#CC(C#N)=C1C=C(N2CCCCC2)Oc2cc(O)ccc21. The van der Waals surface area contributed by atoms with E-state index in [0.29, 0.717) is 22.8 Å². The summed E-state index contributed by atoms with van der Waals surface area (Å²) in [6, 6.07) is 8.58. The van der Waals surface area contributed by atoms with Gasteiger partial charge in [-0.05, 0) is 31.4 Å². The molecule has 0 aromatic heterocycles. The highest BCUT2D eigenvalue weighted by molar-refractivity contribution is 5.86. The molecule has 0 spiro atoms. The van der Waals surface area contributed by atoms with Crippen LogP contribution in [0.4, 0.5) is 0 Å². The molecule has 1 aromatic rings. The van der Waals surface area contributed by atoms with Gasteiger partial charge < -0.3 is 14.7 Å². The number of aromatic hydroxyl groups is 1. The molecular formula is C17H15N3O2. The predicted molar refractivity (Wildman–Crippen MR) is 80.4 cm³/mol. The number of nitriles is 2. The fourth-order valence-electron chi connectivity index (χ4n) is 2.78. The second kappa shape index (κ2) is 5.83. The Morgan fingerprint density at radius 2 is 1.86 bits per heavy atom. The van der Waals surface area contributed by atoms with Crippen molar-refractivity contribution >= 4 is 5.57 Å². The standard InChI is InChI=1S/C17H15N3O2/c18-10-12(11-19)15-9-17(20-6-2-1-3-7-20)22-16-8-13(21)4-5-14(15)16/h4-5,8-9,21H,1-3,6-7H2. The summed E-state index contributed by atoms with van der Waals surface area (Å²) >= 11 is 0. The molecule has 1 fully saturated rings. The molecule has 2 aliphatic heterocycles. The van der Waals surface area contributed by atoms with Crippen molar-refractivity contribution in [3.63, 3.8) is 0 Å². The maximum absolute atomic E-state index is 9.66. The van der Waals surface area contributed by atoms with E-state index in [0.717, 1.165) is 25.9 Å². The van der Waals surface area contributed by atoms with E-state index < -0.39 is 0 Å². The molecule has 0 amide bonds. The monoisotopic (exact) mass is 293 g/mol. The first kappa shape index (κ1) is 14.0. The molecule has 1 saturated heterocycles. The summed E-state index contributed by atoms with van der Waals surface area (Å²) < 4.78 is 5.90. The number of hydrogen-bond acceptors (Lipinski definition) is 5. The van der Waals surface area contributed by atoms with Gasteiger partial charge in [0.2, 0.25) is 0 Å². The number of benzene rings is 1. The van der Waals surface area contributed by atoms with Crippen LogP contribution in [0, 0.1) is 22.7 Å². The number of phenols is 1. The minimum absolute atomic E-state index is 0.0461. The van der Waals surface area contributed by atoms with E-state index >= 15 is 0 Å². The molecule has 0 aliphatic carbocycles. The van der Waals surface area contributed by atoms with Gasteiger partial charge in [0.25, 0.3) is 0 Å². The fourth-order valence-corrected chi connectivity index (χ4v) is 2.78. The van der Waals surface area contributed by atoms with Gasteiger partial charge in [-0.1, -0.05) is 0 Å². The normalized spacial score (nSPS) is 16.7. The number of hydrogen-bond donors (Lipinski definition) is 1. The zero-order valence-electron chi connectivity index (χ0n) is 12.0. The minimum atomic E-state index is 0.0461. The molecule has 3 rings (SSSR count). The van der Waals surface area contributed by atoms with Crippen LogP contribution in [0.15, 0.2) is 35.7 Å². The van der Waals surface area contributed by atoms with Crippen LogP contribution in [-0.2, 0) is 0 Å². The largest absolute Gasteiger partial charge is 0.508 e. The predicted octanol–water partition coefficient (Wildman–Crippen LogP) is 2.91. The molecular weight excluding hydrogens is 278 g/mol. The van der Waals surface area contributed by atoms with Crippen molar-refractivity contribution in [2.45, 2.75) is 19.3 Å². The Morgan fingerprint density at radius 1 is 1.14 bits per heavy atom. The number of piperidine rings is 1. The van der Waals surface area contributed by atoms with Gasteiger partial charge in [0.1, 0.15) is 29.2 Å². The van der Waals surface area contributed by atoms with Crippen LogP contribution in [0.3, 0.4) is 0 Å². The van der Waals surface area contributed by atoms with E-state index in [9.17, 15) is 15.6 Å². The molecule has 0 bridgehead atoms. The molecule has 0 radical (unpaired) electrons. The third-order valence-electron chi connectivity index (χ3n) is 3.90. The quantitative estimate of drug-likeness (QED) is 0.805. The van der Waals surface area contributed by atoms with E-state index in [-0.39, 0.29) is 11.3 Å². The first-order chi connectivity index (χ1) is 10.7. The van der Waals surface area contributed by atoms with Crippen molar-refractivity contribution in [3.8, 4) is 23.6 Å². The number of phenolic OH excluding ortho intramolecular Hbond substituents is 1. The second-order valence-electron chi connectivity index (χ2n) is 5.33. The van der Waals surface area contributed by atoms with Gasteiger partial charge in [0.05, 0.1) is 0 Å². The number of rotatable bonds is 1. The average molecular weight is 293 g/mol. The Kier molecular flexibility index (Phi) is 3.72. The van der Waals surface area contributed by atoms with Crippen molar-refractivity contribution in [2.24, 2.45) is 0 Å². The van der Waals surface area contributed by atoms with Gasteiger partial charge in [-0.2, -0.15) is 10.5 Å².